The second kappa shape index (κ2) is 7.22. The molecule has 0 aromatic heterocycles. The van der Waals surface area contributed by atoms with Crippen LogP contribution in [-0.4, -0.2) is 12.5 Å². The summed E-state index contributed by atoms with van der Waals surface area (Å²) in [5.41, 5.74) is 1.23. The fraction of sp³-hybridized carbons (Fsp3) is 0.133. The third-order valence-corrected chi connectivity index (χ3v) is 2.22. The van der Waals surface area contributed by atoms with Gasteiger partial charge < -0.3 is 5.32 Å². The molecule has 0 fully saturated rings. The molecule has 0 aliphatic carbocycles. The molecule has 0 aliphatic heterocycles. The van der Waals surface area contributed by atoms with Crippen LogP contribution in [0.4, 0.5) is 4.39 Å². The monoisotopic (exact) mass is 245 g/mol. The molecule has 2 nitrogen and oxygen atoms in total. The lowest BCUT2D eigenvalue weighted by Gasteiger charge is -2.04. The maximum Gasteiger partial charge on any atom is 0.251 e. The van der Waals surface area contributed by atoms with Crippen LogP contribution in [0.5, 0.6) is 0 Å². The van der Waals surface area contributed by atoms with E-state index in [-0.39, 0.29) is 11.7 Å². The van der Waals surface area contributed by atoms with Crippen molar-refractivity contribution in [3.8, 4) is 0 Å². The summed E-state index contributed by atoms with van der Waals surface area (Å²) in [5, 5.41) is 2.71. The van der Waals surface area contributed by atoms with E-state index in [1.165, 1.54) is 24.3 Å². The van der Waals surface area contributed by atoms with Gasteiger partial charge in [-0.15, -0.1) is 0 Å². The van der Waals surface area contributed by atoms with Gasteiger partial charge in [-0.05, 0) is 36.8 Å². The van der Waals surface area contributed by atoms with Gasteiger partial charge in [0, 0.05) is 12.1 Å². The second-order valence-corrected chi connectivity index (χ2v) is 3.73. The van der Waals surface area contributed by atoms with Crippen LogP contribution in [-0.2, 0) is 0 Å². The summed E-state index contributed by atoms with van der Waals surface area (Å²) in [6.07, 6.45) is 7.46. The van der Waals surface area contributed by atoms with E-state index in [9.17, 15) is 9.18 Å². The van der Waals surface area contributed by atoms with E-state index < -0.39 is 0 Å². The van der Waals surface area contributed by atoms with Crippen molar-refractivity contribution >= 4 is 5.91 Å². The van der Waals surface area contributed by atoms with Gasteiger partial charge in [-0.1, -0.05) is 30.9 Å². The highest BCUT2D eigenvalue weighted by molar-refractivity contribution is 5.94. The molecule has 3 heteroatoms. The van der Waals surface area contributed by atoms with Crippen molar-refractivity contribution in [3.63, 3.8) is 0 Å². The molecule has 18 heavy (non-hydrogen) atoms. The highest BCUT2D eigenvalue weighted by Gasteiger charge is 2.04. The molecule has 1 N–H and O–H groups in total. The topological polar surface area (TPSA) is 29.1 Å². The summed E-state index contributed by atoms with van der Waals surface area (Å²) >= 11 is 0. The number of allylic oxidation sites excluding steroid dienone is 3. The van der Waals surface area contributed by atoms with E-state index in [1.54, 1.807) is 0 Å². The number of amides is 1. The summed E-state index contributed by atoms with van der Waals surface area (Å²) in [6.45, 7) is 6.10. The first kappa shape index (κ1) is 13.9. The zero-order valence-electron chi connectivity index (χ0n) is 10.3. The third kappa shape index (κ3) is 4.78. The number of carbonyl (C=O) groups excluding carboxylic acids is 1. The summed E-state index contributed by atoms with van der Waals surface area (Å²) in [4.78, 5) is 11.7. The zero-order chi connectivity index (χ0) is 13.4. The first-order chi connectivity index (χ1) is 8.63. The Kier molecular flexibility index (Phi) is 5.58. The number of benzene rings is 1. The van der Waals surface area contributed by atoms with Gasteiger partial charge in [0.2, 0.25) is 0 Å². The molecule has 0 atom stereocenters. The van der Waals surface area contributed by atoms with Crippen LogP contribution in [0.3, 0.4) is 0 Å². The minimum absolute atomic E-state index is 0.240. The van der Waals surface area contributed by atoms with Crippen molar-refractivity contribution in [1.29, 1.82) is 0 Å². The molecule has 0 saturated heterocycles. The van der Waals surface area contributed by atoms with Crippen molar-refractivity contribution < 1.29 is 9.18 Å². The first-order valence-corrected chi connectivity index (χ1v) is 5.64. The Morgan fingerprint density at radius 3 is 2.61 bits per heavy atom. The van der Waals surface area contributed by atoms with Gasteiger partial charge in [-0.25, -0.2) is 4.39 Å². The highest BCUT2D eigenvalue weighted by Crippen LogP contribution is 2.02. The molecular formula is C15H16FNO. The Hall–Kier alpha value is -2.16. The molecule has 0 bridgehead atoms. The van der Waals surface area contributed by atoms with E-state index in [0.717, 1.165) is 5.57 Å². The summed E-state index contributed by atoms with van der Waals surface area (Å²) < 4.78 is 12.7. The fourth-order valence-corrected chi connectivity index (χ4v) is 1.26. The Morgan fingerprint density at radius 1 is 1.33 bits per heavy atom. The number of halogens is 1. The zero-order valence-corrected chi connectivity index (χ0v) is 10.3. The smallest absolute Gasteiger partial charge is 0.251 e. The van der Waals surface area contributed by atoms with Crippen molar-refractivity contribution in [3.05, 3.63) is 72.1 Å². The number of hydrogen-bond donors (Lipinski definition) is 1. The van der Waals surface area contributed by atoms with Crippen molar-refractivity contribution in [2.24, 2.45) is 0 Å². The molecule has 1 aromatic carbocycles. The van der Waals surface area contributed by atoms with E-state index in [1.807, 2.05) is 31.2 Å². The van der Waals surface area contributed by atoms with Crippen LogP contribution < -0.4 is 5.32 Å². The quantitative estimate of drug-likeness (QED) is 0.793. The Labute approximate surface area is 107 Å². The SMILES string of the molecule is C=C(/C=C\C=C/C)CNC(=O)c1ccc(F)cc1. The standard InChI is InChI=1S/C15H16FNO/c1-3-4-5-6-12(2)11-17-15(18)13-7-9-14(16)10-8-13/h3-10H,2,11H2,1H3,(H,17,18)/b4-3-,6-5-. The predicted molar refractivity (Wildman–Crippen MR) is 71.8 cm³/mol. The maximum absolute atomic E-state index is 12.7. The Bertz CT molecular complexity index is 472. The van der Waals surface area contributed by atoms with E-state index in [0.29, 0.717) is 12.1 Å². The van der Waals surface area contributed by atoms with Gasteiger partial charge in [0.1, 0.15) is 5.82 Å². The molecule has 0 radical (unpaired) electrons. The average Bonchev–Trinajstić information content (AvgIpc) is 2.37. The van der Waals surface area contributed by atoms with Crippen molar-refractivity contribution in [2.75, 3.05) is 6.54 Å². The third-order valence-electron chi connectivity index (χ3n) is 2.22. The van der Waals surface area contributed by atoms with Gasteiger partial charge >= 0.3 is 0 Å². The predicted octanol–water partition coefficient (Wildman–Crippen LogP) is 3.24. The molecule has 0 heterocycles. The van der Waals surface area contributed by atoms with Gasteiger partial charge in [-0.2, -0.15) is 0 Å². The number of hydrogen-bond acceptors (Lipinski definition) is 1. The van der Waals surface area contributed by atoms with Gasteiger partial charge in [0.15, 0.2) is 0 Å². The van der Waals surface area contributed by atoms with E-state index >= 15 is 0 Å². The number of nitrogens with one attached hydrogen (secondary N) is 1. The van der Waals surface area contributed by atoms with Crippen LogP contribution in [0.2, 0.25) is 0 Å². The molecule has 0 aliphatic rings. The molecule has 1 amide bonds. The highest BCUT2D eigenvalue weighted by atomic mass is 19.1. The lowest BCUT2D eigenvalue weighted by molar-refractivity contribution is 0.0957. The normalized spacial score (nSPS) is 11.0. The first-order valence-electron chi connectivity index (χ1n) is 5.64. The van der Waals surface area contributed by atoms with Crippen LogP contribution >= 0.6 is 0 Å². The van der Waals surface area contributed by atoms with E-state index in [2.05, 4.69) is 11.9 Å². The average molecular weight is 245 g/mol. The molecule has 1 rings (SSSR count). The molecule has 1 aromatic rings. The molecule has 0 saturated carbocycles. The summed E-state index contributed by atoms with van der Waals surface area (Å²) in [5.74, 6) is -0.596. The second-order valence-electron chi connectivity index (χ2n) is 3.73. The molecule has 94 valence electrons. The van der Waals surface area contributed by atoms with Gasteiger partial charge in [-0.3, -0.25) is 4.79 Å². The van der Waals surface area contributed by atoms with E-state index in [4.69, 9.17) is 0 Å². The van der Waals surface area contributed by atoms with Gasteiger partial charge in [0.25, 0.3) is 5.91 Å². The maximum atomic E-state index is 12.7. The summed E-state index contributed by atoms with van der Waals surface area (Å²) in [6, 6.07) is 5.41. The minimum Gasteiger partial charge on any atom is -0.348 e. The van der Waals surface area contributed by atoms with Crippen LogP contribution in [0.1, 0.15) is 17.3 Å². The van der Waals surface area contributed by atoms with Gasteiger partial charge in [0.05, 0.1) is 0 Å². The summed E-state index contributed by atoms with van der Waals surface area (Å²) in [7, 11) is 0. The van der Waals surface area contributed by atoms with Crippen molar-refractivity contribution in [2.45, 2.75) is 6.92 Å². The lowest BCUT2D eigenvalue weighted by Crippen LogP contribution is -2.24. The van der Waals surface area contributed by atoms with Crippen LogP contribution in [0.25, 0.3) is 0 Å². The molecular weight excluding hydrogens is 229 g/mol. The minimum atomic E-state index is -0.356. The lowest BCUT2D eigenvalue weighted by atomic mass is 10.2. The Morgan fingerprint density at radius 2 is 2.00 bits per heavy atom. The largest absolute Gasteiger partial charge is 0.348 e. The number of carbonyl (C=O) groups is 1. The van der Waals surface area contributed by atoms with Crippen LogP contribution in [0, 0.1) is 5.82 Å². The fourth-order valence-electron chi connectivity index (χ4n) is 1.26. The molecule has 0 unspecified atom stereocenters. The number of rotatable bonds is 5. The molecule has 0 spiro atoms. The van der Waals surface area contributed by atoms with Crippen LogP contribution in [0.15, 0.2) is 60.7 Å². The van der Waals surface area contributed by atoms with Crippen molar-refractivity contribution in [1.82, 2.24) is 5.32 Å². The Balaban J connectivity index is 2.46.